The number of aliphatic hydroxyl groups is 2. The van der Waals surface area contributed by atoms with Gasteiger partial charge in [-0.3, -0.25) is 14.7 Å². The standard InChI is InChI=1S/C24H46N4O4/c1-3-25-17-24(32,16-23(30)31)12-10-8-6-4-5-7-9-11-20-21(28-14-13-26-18-28)15-22(29)19(2)27-20/h13,19-22,25,27,29,32H,3-12,14-18H2,1-2H3,(H,30,31). The van der Waals surface area contributed by atoms with Gasteiger partial charge in [-0.1, -0.05) is 51.9 Å². The Morgan fingerprint density at radius 3 is 2.53 bits per heavy atom. The number of carbonyl (C=O) groups is 1. The number of hydrogen-bond donors (Lipinski definition) is 5. The van der Waals surface area contributed by atoms with Crippen LogP contribution < -0.4 is 10.6 Å². The molecule has 0 radical (unpaired) electrons. The number of carboxylic acids is 1. The molecule has 8 nitrogen and oxygen atoms in total. The number of nitrogens with zero attached hydrogens (tertiary/aromatic N) is 2. The van der Waals surface area contributed by atoms with Crippen molar-refractivity contribution in [3.05, 3.63) is 0 Å². The lowest BCUT2D eigenvalue weighted by molar-refractivity contribution is -0.142. The molecule has 2 heterocycles. The van der Waals surface area contributed by atoms with Gasteiger partial charge < -0.3 is 26.0 Å². The highest BCUT2D eigenvalue weighted by Crippen LogP contribution is 2.25. The minimum atomic E-state index is -1.14. The number of aliphatic imine (C=N–C) groups is 1. The Morgan fingerprint density at radius 2 is 1.91 bits per heavy atom. The van der Waals surface area contributed by atoms with Crippen molar-refractivity contribution in [3.63, 3.8) is 0 Å². The van der Waals surface area contributed by atoms with Crippen LogP contribution in [0.4, 0.5) is 0 Å². The molecule has 0 amide bonds. The van der Waals surface area contributed by atoms with E-state index in [2.05, 4.69) is 27.4 Å². The van der Waals surface area contributed by atoms with Gasteiger partial charge in [0, 0.05) is 37.4 Å². The van der Waals surface area contributed by atoms with Crippen molar-refractivity contribution in [1.29, 1.82) is 0 Å². The molecule has 5 atom stereocenters. The van der Waals surface area contributed by atoms with Crippen LogP contribution in [0.2, 0.25) is 0 Å². The van der Waals surface area contributed by atoms with Crippen LogP contribution in [0.15, 0.2) is 4.99 Å². The van der Waals surface area contributed by atoms with Crippen molar-refractivity contribution in [2.45, 2.75) is 114 Å². The molecule has 1 saturated heterocycles. The lowest BCUT2D eigenvalue weighted by Gasteiger charge is -2.43. The molecule has 0 spiro atoms. The summed E-state index contributed by atoms with van der Waals surface area (Å²) in [6.45, 7) is 6.73. The largest absolute Gasteiger partial charge is 0.481 e. The smallest absolute Gasteiger partial charge is 0.306 e. The Kier molecular flexibility index (Phi) is 12.1. The Morgan fingerprint density at radius 1 is 1.22 bits per heavy atom. The van der Waals surface area contributed by atoms with Gasteiger partial charge in [-0.05, 0) is 32.7 Å². The number of hydrogen-bond acceptors (Lipinski definition) is 7. The molecule has 2 aliphatic rings. The summed E-state index contributed by atoms with van der Waals surface area (Å²) in [4.78, 5) is 17.8. The van der Waals surface area contributed by atoms with E-state index < -0.39 is 11.6 Å². The van der Waals surface area contributed by atoms with Gasteiger partial charge in [-0.15, -0.1) is 0 Å². The van der Waals surface area contributed by atoms with Crippen LogP contribution in [0, 0.1) is 0 Å². The van der Waals surface area contributed by atoms with E-state index in [9.17, 15) is 15.0 Å². The van der Waals surface area contributed by atoms with Crippen molar-refractivity contribution in [3.8, 4) is 0 Å². The van der Waals surface area contributed by atoms with Crippen LogP contribution in [0.3, 0.4) is 0 Å². The van der Waals surface area contributed by atoms with Crippen LogP contribution in [-0.4, -0.2) is 88.5 Å². The van der Waals surface area contributed by atoms with Crippen molar-refractivity contribution >= 4 is 12.2 Å². The second-order valence-electron chi connectivity index (χ2n) is 9.80. The van der Waals surface area contributed by atoms with Crippen LogP contribution in [0.1, 0.15) is 84.5 Å². The lowest BCUT2D eigenvalue weighted by Crippen LogP contribution is -2.60. The maximum atomic E-state index is 11.0. The van der Waals surface area contributed by atoms with E-state index in [1.807, 2.05) is 13.1 Å². The second kappa shape index (κ2) is 14.3. The zero-order valence-electron chi connectivity index (χ0n) is 20.1. The first-order valence-electron chi connectivity index (χ1n) is 12.7. The van der Waals surface area contributed by atoms with Crippen LogP contribution in [0.5, 0.6) is 0 Å². The maximum absolute atomic E-state index is 11.0. The Labute approximate surface area is 193 Å². The normalized spacial score (nSPS) is 28.1. The van der Waals surface area contributed by atoms with E-state index in [0.29, 0.717) is 25.0 Å². The summed E-state index contributed by atoms with van der Waals surface area (Å²) in [5.74, 6) is -0.943. The third-order valence-corrected chi connectivity index (χ3v) is 7.02. The number of nitrogens with one attached hydrogen (secondary N) is 2. The van der Waals surface area contributed by atoms with E-state index in [-0.39, 0.29) is 18.6 Å². The molecule has 5 unspecified atom stereocenters. The average Bonchev–Trinajstić information content (AvgIpc) is 3.27. The van der Waals surface area contributed by atoms with Crippen molar-refractivity contribution in [2.75, 3.05) is 26.3 Å². The zero-order chi connectivity index (χ0) is 23.4. The summed E-state index contributed by atoms with van der Waals surface area (Å²) >= 11 is 0. The average molecular weight is 455 g/mol. The molecular weight excluding hydrogens is 408 g/mol. The molecule has 32 heavy (non-hydrogen) atoms. The van der Waals surface area contributed by atoms with Crippen LogP contribution in [0.25, 0.3) is 0 Å². The van der Waals surface area contributed by atoms with Crippen molar-refractivity contribution < 1.29 is 20.1 Å². The van der Waals surface area contributed by atoms with Gasteiger partial charge in [0.25, 0.3) is 0 Å². The monoisotopic (exact) mass is 454 g/mol. The lowest BCUT2D eigenvalue weighted by atomic mass is 9.87. The third-order valence-electron chi connectivity index (χ3n) is 7.02. The van der Waals surface area contributed by atoms with Gasteiger partial charge in [0.15, 0.2) is 0 Å². The summed E-state index contributed by atoms with van der Waals surface area (Å²) in [6.07, 6.45) is 11.8. The summed E-state index contributed by atoms with van der Waals surface area (Å²) in [5.41, 5.74) is -1.14. The number of piperidine rings is 1. The number of rotatable bonds is 16. The molecule has 2 rings (SSSR count). The molecule has 5 N–H and O–H groups in total. The van der Waals surface area contributed by atoms with E-state index in [4.69, 9.17) is 5.11 Å². The summed E-state index contributed by atoms with van der Waals surface area (Å²) < 4.78 is 0. The van der Waals surface area contributed by atoms with E-state index in [1.54, 1.807) is 0 Å². The predicted octanol–water partition coefficient (Wildman–Crippen LogP) is 2.14. The van der Waals surface area contributed by atoms with Gasteiger partial charge in [0.05, 0.1) is 24.8 Å². The van der Waals surface area contributed by atoms with Gasteiger partial charge in [0.1, 0.15) is 0 Å². The molecule has 0 aromatic carbocycles. The minimum absolute atomic E-state index is 0.145. The van der Waals surface area contributed by atoms with E-state index in [0.717, 1.165) is 51.9 Å². The number of aliphatic hydroxyl groups excluding tert-OH is 1. The second-order valence-corrected chi connectivity index (χ2v) is 9.80. The summed E-state index contributed by atoms with van der Waals surface area (Å²) in [5, 5.41) is 36.6. The fourth-order valence-corrected chi connectivity index (χ4v) is 5.06. The molecule has 0 bridgehead atoms. The molecule has 0 aromatic heterocycles. The Bertz CT molecular complexity index is 568. The van der Waals surface area contributed by atoms with Crippen LogP contribution >= 0.6 is 0 Å². The van der Waals surface area contributed by atoms with Crippen molar-refractivity contribution in [1.82, 2.24) is 15.5 Å². The number of aliphatic carboxylic acids is 1. The number of likely N-dealkylation sites (N-methyl/N-ethyl adjacent to an activating group) is 1. The first kappa shape index (κ1) is 27.2. The van der Waals surface area contributed by atoms with Gasteiger partial charge in [-0.2, -0.15) is 0 Å². The molecule has 0 aromatic rings. The summed E-state index contributed by atoms with van der Waals surface area (Å²) in [7, 11) is 0. The Balaban J connectivity index is 1.57. The quantitative estimate of drug-likeness (QED) is 0.227. The van der Waals surface area contributed by atoms with E-state index >= 15 is 0 Å². The molecule has 0 saturated carbocycles. The van der Waals surface area contributed by atoms with Gasteiger partial charge in [-0.25, -0.2) is 0 Å². The topological polar surface area (TPSA) is 117 Å². The first-order valence-corrected chi connectivity index (χ1v) is 12.7. The number of unbranched alkanes of at least 4 members (excludes halogenated alkanes) is 6. The third kappa shape index (κ3) is 9.43. The molecule has 186 valence electrons. The zero-order valence-corrected chi connectivity index (χ0v) is 20.1. The van der Waals surface area contributed by atoms with Gasteiger partial charge >= 0.3 is 5.97 Å². The van der Waals surface area contributed by atoms with E-state index in [1.165, 1.54) is 25.7 Å². The van der Waals surface area contributed by atoms with Crippen molar-refractivity contribution in [2.24, 2.45) is 4.99 Å². The first-order chi connectivity index (χ1) is 15.3. The fourth-order valence-electron chi connectivity index (χ4n) is 5.06. The molecular formula is C24H46N4O4. The molecule has 2 aliphatic heterocycles. The highest BCUT2D eigenvalue weighted by molar-refractivity contribution is 5.68. The maximum Gasteiger partial charge on any atom is 0.306 e. The molecule has 1 fully saturated rings. The minimum Gasteiger partial charge on any atom is -0.481 e. The SMILES string of the molecule is CCNCC(O)(CCCCCCCCCC1NC(C)C(O)CC1N1CC=NC1)CC(=O)O. The Hall–Kier alpha value is -1.06. The number of carboxylic acid groups (broad SMARTS) is 1. The summed E-state index contributed by atoms with van der Waals surface area (Å²) in [6, 6.07) is 0.918. The molecule has 8 heteroatoms. The van der Waals surface area contributed by atoms with Crippen LogP contribution in [-0.2, 0) is 4.79 Å². The highest BCUT2D eigenvalue weighted by atomic mass is 16.4. The molecule has 0 aliphatic carbocycles. The fraction of sp³-hybridized carbons (Fsp3) is 0.917. The van der Waals surface area contributed by atoms with Gasteiger partial charge in [0.2, 0.25) is 0 Å². The predicted molar refractivity (Wildman–Crippen MR) is 128 cm³/mol. The highest BCUT2D eigenvalue weighted by Gasteiger charge is 2.37.